The highest BCUT2D eigenvalue weighted by Gasteiger charge is 2.18. The maximum Gasteiger partial charge on any atom is 0.358 e. The summed E-state index contributed by atoms with van der Waals surface area (Å²) in [5.41, 5.74) is 1.61. The lowest BCUT2D eigenvalue weighted by Gasteiger charge is -2.07. The molecular formula is C19H20N6O5. The van der Waals surface area contributed by atoms with E-state index in [0.29, 0.717) is 34.2 Å². The third-order valence-corrected chi connectivity index (χ3v) is 4.20. The van der Waals surface area contributed by atoms with Gasteiger partial charge in [0.25, 0.3) is 5.91 Å². The number of anilines is 1. The van der Waals surface area contributed by atoms with Crippen molar-refractivity contribution >= 4 is 23.6 Å². The van der Waals surface area contributed by atoms with Crippen molar-refractivity contribution in [2.24, 2.45) is 0 Å². The minimum absolute atomic E-state index is 0.0293. The molecule has 156 valence electrons. The molecule has 0 spiro atoms. The fraction of sp³-hybridized carbons (Fsp3) is 0.263. The van der Waals surface area contributed by atoms with Gasteiger partial charge < -0.3 is 19.9 Å². The molecule has 3 rings (SSSR count). The zero-order valence-corrected chi connectivity index (χ0v) is 16.6. The Bertz CT molecular complexity index is 1090. The van der Waals surface area contributed by atoms with Gasteiger partial charge in [0.05, 0.1) is 7.11 Å². The first-order valence-electron chi connectivity index (χ1n) is 9.01. The van der Waals surface area contributed by atoms with Crippen molar-refractivity contribution in [3.63, 3.8) is 0 Å². The highest BCUT2D eigenvalue weighted by molar-refractivity contribution is 5.97. The number of rotatable bonds is 7. The molecule has 30 heavy (non-hydrogen) atoms. The average Bonchev–Trinajstić information content (AvgIpc) is 3.33. The van der Waals surface area contributed by atoms with Gasteiger partial charge in [-0.25, -0.2) is 4.79 Å². The molecule has 0 saturated heterocycles. The van der Waals surface area contributed by atoms with E-state index in [9.17, 15) is 14.4 Å². The quantitative estimate of drug-likeness (QED) is 0.495. The van der Waals surface area contributed by atoms with Crippen molar-refractivity contribution in [1.82, 2.24) is 25.7 Å². The van der Waals surface area contributed by atoms with Crippen LogP contribution < -0.4 is 10.6 Å². The van der Waals surface area contributed by atoms with E-state index in [4.69, 9.17) is 4.52 Å². The number of hydrogen-bond donors (Lipinski definition) is 3. The van der Waals surface area contributed by atoms with Gasteiger partial charge in [0, 0.05) is 36.6 Å². The first kappa shape index (κ1) is 20.7. The molecule has 2 amide bonds. The zero-order valence-electron chi connectivity index (χ0n) is 16.6. The van der Waals surface area contributed by atoms with Crippen LogP contribution in [0.3, 0.4) is 0 Å². The normalized spacial score (nSPS) is 10.5. The van der Waals surface area contributed by atoms with E-state index in [1.54, 1.807) is 38.1 Å². The van der Waals surface area contributed by atoms with Crippen molar-refractivity contribution in [3.05, 3.63) is 47.0 Å². The van der Waals surface area contributed by atoms with E-state index in [-0.39, 0.29) is 30.5 Å². The number of esters is 1. The molecule has 0 aliphatic rings. The summed E-state index contributed by atoms with van der Waals surface area (Å²) in [6, 6.07) is 6.77. The Hall–Kier alpha value is -4.02. The van der Waals surface area contributed by atoms with Crippen molar-refractivity contribution in [1.29, 1.82) is 0 Å². The van der Waals surface area contributed by atoms with Crippen LogP contribution in [0, 0.1) is 13.8 Å². The molecule has 0 fully saturated rings. The second-order valence-corrected chi connectivity index (χ2v) is 6.34. The summed E-state index contributed by atoms with van der Waals surface area (Å²) in [6.45, 7) is 3.43. The van der Waals surface area contributed by atoms with Crippen LogP contribution in [-0.2, 0) is 9.53 Å². The van der Waals surface area contributed by atoms with Crippen LogP contribution in [0.4, 0.5) is 5.82 Å². The molecule has 0 aliphatic heterocycles. The number of aromatic nitrogens is 4. The van der Waals surface area contributed by atoms with Crippen LogP contribution in [0.5, 0.6) is 0 Å². The highest BCUT2D eigenvalue weighted by atomic mass is 16.5. The van der Waals surface area contributed by atoms with Crippen LogP contribution in [-0.4, -0.2) is 51.8 Å². The van der Waals surface area contributed by atoms with Crippen molar-refractivity contribution in [2.75, 3.05) is 19.0 Å². The van der Waals surface area contributed by atoms with Crippen LogP contribution in [0.1, 0.15) is 38.7 Å². The number of aryl methyl sites for hydroxylation is 1. The van der Waals surface area contributed by atoms with E-state index < -0.39 is 5.97 Å². The van der Waals surface area contributed by atoms with Crippen molar-refractivity contribution in [3.8, 4) is 11.4 Å². The maximum atomic E-state index is 12.4. The molecule has 1 aromatic carbocycles. The summed E-state index contributed by atoms with van der Waals surface area (Å²) in [7, 11) is 1.25. The lowest BCUT2D eigenvalue weighted by molar-refractivity contribution is -0.116. The number of hydrogen-bond acceptors (Lipinski definition) is 8. The average molecular weight is 412 g/mol. The first-order chi connectivity index (χ1) is 14.4. The molecule has 0 bridgehead atoms. The van der Waals surface area contributed by atoms with Gasteiger partial charge in [-0.3, -0.25) is 14.7 Å². The Morgan fingerprint density at radius 2 is 2.03 bits per heavy atom. The monoisotopic (exact) mass is 412 g/mol. The Kier molecular flexibility index (Phi) is 6.20. The number of nitrogens with zero attached hydrogens (tertiary/aromatic N) is 3. The number of methoxy groups -OCH3 is 1. The summed E-state index contributed by atoms with van der Waals surface area (Å²) >= 11 is 0. The van der Waals surface area contributed by atoms with Crippen LogP contribution in [0.2, 0.25) is 0 Å². The fourth-order valence-electron chi connectivity index (χ4n) is 2.62. The van der Waals surface area contributed by atoms with E-state index in [1.165, 1.54) is 7.11 Å². The van der Waals surface area contributed by atoms with E-state index in [0.717, 1.165) is 0 Å². The molecular weight excluding hydrogens is 392 g/mol. The predicted octanol–water partition coefficient (Wildman–Crippen LogP) is 1.62. The van der Waals surface area contributed by atoms with Crippen molar-refractivity contribution in [2.45, 2.75) is 20.3 Å². The molecule has 0 aliphatic carbocycles. The van der Waals surface area contributed by atoms with Gasteiger partial charge in [-0.2, -0.15) is 10.1 Å². The highest BCUT2D eigenvalue weighted by Crippen LogP contribution is 2.17. The third kappa shape index (κ3) is 4.69. The predicted molar refractivity (Wildman–Crippen MR) is 105 cm³/mol. The summed E-state index contributed by atoms with van der Waals surface area (Å²) < 4.78 is 9.56. The van der Waals surface area contributed by atoms with E-state index in [2.05, 4.69) is 35.7 Å². The first-order valence-corrected chi connectivity index (χ1v) is 9.01. The molecule has 2 aromatic heterocycles. The number of amides is 2. The fourth-order valence-corrected chi connectivity index (χ4v) is 2.62. The number of benzene rings is 1. The van der Waals surface area contributed by atoms with Crippen LogP contribution in [0.15, 0.2) is 28.8 Å². The molecule has 2 heterocycles. The smallest absolute Gasteiger partial charge is 0.358 e. The van der Waals surface area contributed by atoms with Gasteiger partial charge in [0.1, 0.15) is 5.82 Å². The zero-order chi connectivity index (χ0) is 21.7. The number of H-pyrrole nitrogens is 1. The summed E-state index contributed by atoms with van der Waals surface area (Å²) in [4.78, 5) is 40.2. The molecule has 3 aromatic rings. The second kappa shape index (κ2) is 8.99. The van der Waals surface area contributed by atoms with Gasteiger partial charge >= 0.3 is 5.97 Å². The lowest BCUT2D eigenvalue weighted by atomic mass is 10.1. The number of carbonyl (C=O) groups excluding carboxylic acids is 3. The Morgan fingerprint density at radius 1 is 1.23 bits per heavy atom. The summed E-state index contributed by atoms with van der Waals surface area (Å²) in [6.07, 6.45) is 0.0293. The number of aromatic amines is 1. The van der Waals surface area contributed by atoms with E-state index >= 15 is 0 Å². The Balaban J connectivity index is 1.53. The van der Waals surface area contributed by atoms with Gasteiger partial charge in [0.2, 0.25) is 17.6 Å². The molecule has 0 unspecified atom stereocenters. The Morgan fingerprint density at radius 3 is 2.73 bits per heavy atom. The minimum Gasteiger partial charge on any atom is -0.464 e. The molecule has 0 radical (unpaired) electrons. The number of ether oxygens (including phenoxy) is 1. The molecule has 0 saturated carbocycles. The minimum atomic E-state index is -0.602. The van der Waals surface area contributed by atoms with Gasteiger partial charge in [0.15, 0.2) is 5.69 Å². The van der Waals surface area contributed by atoms with Crippen molar-refractivity contribution < 1.29 is 23.6 Å². The largest absolute Gasteiger partial charge is 0.464 e. The maximum absolute atomic E-state index is 12.4. The second-order valence-electron chi connectivity index (χ2n) is 6.34. The van der Waals surface area contributed by atoms with Gasteiger partial charge in [-0.05, 0) is 19.1 Å². The molecule has 11 nitrogen and oxygen atoms in total. The van der Waals surface area contributed by atoms with Gasteiger partial charge in [-0.1, -0.05) is 17.3 Å². The van der Waals surface area contributed by atoms with Gasteiger partial charge in [-0.15, -0.1) is 0 Å². The van der Waals surface area contributed by atoms with Crippen LogP contribution in [0.25, 0.3) is 11.4 Å². The van der Waals surface area contributed by atoms with Crippen LogP contribution >= 0.6 is 0 Å². The van der Waals surface area contributed by atoms with E-state index in [1.807, 2.05) is 0 Å². The summed E-state index contributed by atoms with van der Waals surface area (Å²) in [5.74, 6) is -0.172. The Labute approximate surface area is 171 Å². The number of nitrogens with one attached hydrogen (secondary N) is 3. The summed E-state index contributed by atoms with van der Waals surface area (Å²) in [5, 5.41) is 15.5. The standard InChI is InChI=1S/C19H20N6O5/c1-10-15(19(28)29-3)23-24-16(10)22-14(26)7-8-20-18(27)13-6-4-5-12(9-13)17-21-11(2)30-25-17/h4-6,9H,7-8H2,1-3H3,(H,20,27)(H2,22,23,24,26). The molecule has 11 heteroatoms. The lowest BCUT2D eigenvalue weighted by Crippen LogP contribution is -2.27. The SMILES string of the molecule is COC(=O)c1n[nH]c(NC(=O)CCNC(=O)c2cccc(-c3noc(C)n3)c2)c1C. The molecule has 3 N–H and O–H groups in total. The third-order valence-electron chi connectivity index (χ3n) is 4.20. The number of carbonyl (C=O) groups is 3. The topological polar surface area (TPSA) is 152 Å². The molecule has 0 atom stereocenters.